The Kier molecular flexibility index (Phi) is 8.60. The average Bonchev–Trinajstić information content (AvgIpc) is 2.42. The minimum absolute atomic E-state index is 0.627. The largest absolute Gasteiger partial charge is 0.310 e. The van der Waals surface area contributed by atoms with E-state index in [-0.39, 0.29) is 0 Å². The van der Waals surface area contributed by atoms with E-state index in [1.165, 1.54) is 49.7 Å². The Bertz CT molecular complexity index is 339. The van der Waals surface area contributed by atoms with Crippen LogP contribution in [-0.2, 0) is 13.0 Å². The van der Waals surface area contributed by atoms with Gasteiger partial charge in [-0.2, -0.15) is 0 Å². The van der Waals surface area contributed by atoms with E-state index >= 15 is 0 Å². The van der Waals surface area contributed by atoms with Gasteiger partial charge in [0, 0.05) is 12.6 Å². The highest BCUT2D eigenvalue weighted by atomic mass is 14.9. The van der Waals surface area contributed by atoms with E-state index in [2.05, 4.69) is 57.3 Å². The second-order valence-electron chi connectivity index (χ2n) is 6.55. The molecule has 1 atom stereocenters. The zero-order valence-corrected chi connectivity index (χ0v) is 13.9. The summed E-state index contributed by atoms with van der Waals surface area (Å²) in [6, 6.07) is 9.73. The minimum atomic E-state index is 0.627. The van der Waals surface area contributed by atoms with Gasteiger partial charge in [-0.1, -0.05) is 70.7 Å². The van der Waals surface area contributed by atoms with Crippen molar-refractivity contribution in [2.75, 3.05) is 0 Å². The SMILES string of the molecule is CCCCCCC(C)NCc1ccc(CC(C)C)cc1. The second kappa shape index (κ2) is 9.99. The van der Waals surface area contributed by atoms with Gasteiger partial charge in [0.05, 0.1) is 0 Å². The Morgan fingerprint density at radius 2 is 1.55 bits per heavy atom. The Hall–Kier alpha value is -0.820. The molecule has 1 N–H and O–H groups in total. The maximum absolute atomic E-state index is 3.64. The monoisotopic (exact) mass is 275 g/mol. The highest BCUT2D eigenvalue weighted by molar-refractivity contribution is 5.22. The normalized spacial score (nSPS) is 12.8. The van der Waals surface area contributed by atoms with Crippen LogP contribution in [0, 0.1) is 5.92 Å². The van der Waals surface area contributed by atoms with Crippen LogP contribution in [-0.4, -0.2) is 6.04 Å². The summed E-state index contributed by atoms with van der Waals surface area (Å²) in [6.07, 6.45) is 7.92. The molecule has 1 nitrogen and oxygen atoms in total. The van der Waals surface area contributed by atoms with Crippen molar-refractivity contribution in [3.05, 3.63) is 35.4 Å². The molecule has 0 heterocycles. The summed E-state index contributed by atoms with van der Waals surface area (Å²) in [5.74, 6) is 0.738. The van der Waals surface area contributed by atoms with Crippen molar-refractivity contribution in [1.82, 2.24) is 5.32 Å². The lowest BCUT2D eigenvalue weighted by Crippen LogP contribution is -2.25. The summed E-state index contributed by atoms with van der Waals surface area (Å²) in [6.45, 7) is 10.1. The third-order valence-corrected chi connectivity index (χ3v) is 3.81. The summed E-state index contributed by atoms with van der Waals surface area (Å²) in [4.78, 5) is 0. The molecule has 0 saturated heterocycles. The Balaban J connectivity index is 2.23. The van der Waals surface area contributed by atoms with Crippen molar-refractivity contribution >= 4 is 0 Å². The zero-order valence-electron chi connectivity index (χ0n) is 13.9. The smallest absolute Gasteiger partial charge is 0.0207 e. The molecule has 0 aliphatic rings. The van der Waals surface area contributed by atoms with Gasteiger partial charge >= 0.3 is 0 Å². The summed E-state index contributed by atoms with van der Waals surface area (Å²) in [5, 5.41) is 3.64. The van der Waals surface area contributed by atoms with Crippen molar-refractivity contribution in [1.29, 1.82) is 0 Å². The maximum Gasteiger partial charge on any atom is 0.0207 e. The van der Waals surface area contributed by atoms with Crippen LogP contribution in [0.15, 0.2) is 24.3 Å². The molecule has 0 saturated carbocycles. The van der Waals surface area contributed by atoms with Gasteiger partial charge < -0.3 is 5.32 Å². The van der Waals surface area contributed by atoms with E-state index in [0.29, 0.717) is 6.04 Å². The van der Waals surface area contributed by atoms with Crippen molar-refractivity contribution in [2.45, 2.75) is 78.8 Å². The molecule has 0 bridgehead atoms. The van der Waals surface area contributed by atoms with Crippen molar-refractivity contribution in [2.24, 2.45) is 5.92 Å². The number of rotatable bonds is 10. The highest BCUT2D eigenvalue weighted by Crippen LogP contribution is 2.10. The van der Waals surface area contributed by atoms with Gasteiger partial charge in [0.15, 0.2) is 0 Å². The fourth-order valence-electron chi connectivity index (χ4n) is 2.54. The van der Waals surface area contributed by atoms with Crippen molar-refractivity contribution in [3.63, 3.8) is 0 Å². The van der Waals surface area contributed by atoms with Crippen LogP contribution in [0.25, 0.3) is 0 Å². The van der Waals surface area contributed by atoms with E-state index in [4.69, 9.17) is 0 Å². The van der Waals surface area contributed by atoms with E-state index in [9.17, 15) is 0 Å². The first-order valence-electron chi connectivity index (χ1n) is 8.43. The van der Waals surface area contributed by atoms with Gasteiger partial charge in [-0.3, -0.25) is 0 Å². The van der Waals surface area contributed by atoms with Crippen molar-refractivity contribution < 1.29 is 0 Å². The molecule has 0 radical (unpaired) electrons. The molecule has 20 heavy (non-hydrogen) atoms. The quantitative estimate of drug-likeness (QED) is 0.569. The first-order chi connectivity index (χ1) is 9.61. The first-order valence-corrected chi connectivity index (χ1v) is 8.43. The Morgan fingerprint density at radius 1 is 0.900 bits per heavy atom. The van der Waals surface area contributed by atoms with Gasteiger partial charge in [-0.15, -0.1) is 0 Å². The van der Waals surface area contributed by atoms with Gasteiger partial charge in [0.25, 0.3) is 0 Å². The number of hydrogen-bond acceptors (Lipinski definition) is 1. The number of benzene rings is 1. The molecule has 114 valence electrons. The number of hydrogen-bond donors (Lipinski definition) is 1. The third-order valence-electron chi connectivity index (χ3n) is 3.81. The summed E-state index contributed by atoms with van der Waals surface area (Å²) < 4.78 is 0. The third kappa shape index (κ3) is 7.69. The van der Waals surface area contributed by atoms with Crippen LogP contribution in [0.2, 0.25) is 0 Å². The van der Waals surface area contributed by atoms with E-state index < -0.39 is 0 Å². The minimum Gasteiger partial charge on any atom is -0.310 e. The molecule has 0 aliphatic carbocycles. The van der Waals surface area contributed by atoms with Crippen LogP contribution in [0.4, 0.5) is 0 Å². The molecule has 1 heteroatoms. The van der Waals surface area contributed by atoms with Crippen LogP contribution in [0.3, 0.4) is 0 Å². The van der Waals surface area contributed by atoms with E-state index in [1.807, 2.05) is 0 Å². The highest BCUT2D eigenvalue weighted by Gasteiger charge is 2.02. The molecule has 1 rings (SSSR count). The van der Waals surface area contributed by atoms with Crippen LogP contribution in [0.5, 0.6) is 0 Å². The molecule has 0 aliphatic heterocycles. The van der Waals surface area contributed by atoms with Gasteiger partial charge in [0.2, 0.25) is 0 Å². The van der Waals surface area contributed by atoms with Crippen LogP contribution >= 0.6 is 0 Å². The average molecular weight is 275 g/mol. The maximum atomic E-state index is 3.64. The summed E-state index contributed by atoms with van der Waals surface area (Å²) in [7, 11) is 0. The van der Waals surface area contributed by atoms with Gasteiger partial charge in [-0.05, 0) is 36.8 Å². The Labute approximate surface area is 126 Å². The molecule has 0 amide bonds. The number of nitrogens with one attached hydrogen (secondary N) is 1. The molecular weight excluding hydrogens is 242 g/mol. The predicted octanol–water partition coefficient (Wildman–Crippen LogP) is 5.33. The second-order valence-corrected chi connectivity index (χ2v) is 6.55. The molecule has 0 spiro atoms. The predicted molar refractivity (Wildman–Crippen MR) is 90.0 cm³/mol. The fourth-order valence-corrected chi connectivity index (χ4v) is 2.54. The summed E-state index contributed by atoms with van der Waals surface area (Å²) in [5.41, 5.74) is 2.86. The van der Waals surface area contributed by atoms with Crippen molar-refractivity contribution in [3.8, 4) is 0 Å². The molecule has 1 aromatic carbocycles. The topological polar surface area (TPSA) is 12.0 Å². The fraction of sp³-hybridized carbons (Fsp3) is 0.684. The van der Waals surface area contributed by atoms with E-state index in [0.717, 1.165) is 12.5 Å². The molecular formula is C19H33N. The molecule has 1 unspecified atom stereocenters. The Morgan fingerprint density at radius 3 is 2.15 bits per heavy atom. The van der Waals surface area contributed by atoms with E-state index in [1.54, 1.807) is 0 Å². The van der Waals surface area contributed by atoms with Crippen LogP contribution < -0.4 is 5.32 Å². The van der Waals surface area contributed by atoms with Gasteiger partial charge in [-0.25, -0.2) is 0 Å². The molecule has 0 fully saturated rings. The summed E-state index contributed by atoms with van der Waals surface area (Å²) >= 11 is 0. The lowest BCUT2D eigenvalue weighted by Gasteiger charge is -2.14. The van der Waals surface area contributed by atoms with Gasteiger partial charge in [0.1, 0.15) is 0 Å². The molecule has 1 aromatic rings. The van der Waals surface area contributed by atoms with Crippen LogP contribution in [0.1, 0.15) is 70.9 Å². The standard InChI is InChI=1S/C19H33N/c1-5-6-7-8-9-17(4)20-15-19-12-10-18(11-13-19)14-16(2)3/h10-13,16-17,20H,5-9,14-15H2,1-4H3. The lowest BCUT2D eigenvalue weighted by molar-refractivity contribution is 0.482. The molecule has 0 aromatic heterocycles. The zero-order chi connectivity index (χ0) is 14.8. The number of unbranched alkanes of at least 4 members (excludes halogenated alkanes) is 3. The lowest BCUT2D eigenvalue weighted by atomic mass is 10.0. The first kappa shape index (κ1) is 17.2.